The van der Waals surface area contributed by atoms with Gasteiger partial charge in [0, 0.05) is 12.8 Å². The summed E-state index contributed by atoms with van der Waals surface area (Å²) in [7, 11) is 0. The summed E-state index contributed by atoms with van der Waals surface area (Å²) >= 11 is 0. The zero-order valence-electron chi connectivity index (χ0n) is 21.0. The second-order valence-electron chi connectivity index (χ2n) is 9.67. The van der Waals surface area contributed by atoms with Crippen molar-refractivity contribution in [3.8, 4) is 5.75 Å². The van der Waals surface area contributed by atoms with Crippen molar-refractivity contribution in [1.82, 2.24) is 10.6 Å². The molecule has 0 aliphatic carbocycles. The number of carbonyl (C=O) groups excluding carboxylic acids is 2. The summed E-state index contributed by atoms with van der Waals surface area (Å²) in [4.78, 5) is 38.1. The summed E-state index contributed by atoms with van der Waals surface area (Å²) < 4.78 is 44.0. The van der Waals surface area contributed by atoms with Gasteiger partial charge < -0.3 is 25.6 Å². The Balaban J connectivity index is 2.33. The number of carbonyl (C=O) groups is 3. The monoisotopic (exact) mass is 524 g/mol. The zero-order valence-corrected chi connectivity index (χ0v) is 21.0. The van der Waals surface area contributed by atoms with Crippen molar-refractivity contribution in [3.63, 3.8) is 0 Å². The molecule has 0 aliphatic heterocycles. The Morgan fingerprint density at radius 1 is 0.946 bits per heavy atom. The molecule has 2 atom stereocenters. The third-order valence-corrected chi connectivity index (χ3v) is 5.55. The first-order chi connectivity index (χ1) is 17.0. The molecule has 37 heavy (non-hydrogen) atoms. The van der Waals surface area contributed by atoms with E-state index >= 15 is 0 Å². The number of rotatable bonds is 9. The number of phenolic OH excluding ortho intramolecular Hbond substituents is 1. The zero-order chi connectivity index (χ0) is 28.0. The first kappa shape index (κ1) is 29.5. The quantitative estimate of drug-likeness (QED) is 0.385. The van der Waals surface area contributed by atoms with Gasteiger partial charge in [-0.2, -0.15) is 13.2 Å². The molecule has 0 aliphatic rings. The lowest BCUT2D eigenvalue weighted by molar-refractivity contribution is -0.148. The number of aromatic hydroxyl groups is 1. The van der Waals surface area contributed by atoms with E-state index < -0.39 is 46.9 Å². The summed E-state index contributed by atoms with van der Waals surface area (Å²) in [6, 6.07) is 8.64. The van der Waals surface area contributed by atoms with Gasteiger partial charge in [0.25, 0.3) is 0 Å². The normalized spacial score (nSPS) is 14.2. The third kappa shape index (κ3) is 8.69. The lowest BCUT2D eigenvalue weighted by atomic mass is 9.87. The van der Waals surface area contributed by atoms with Crippen LogP contribution in [0, 0.1) is 0 Å². The molecule has 11 heteroatoms. The van der Waals surface area contributed by atoms with Gasteiger partial charge in [0.1, 0.15) is 22.9 Å². The lowest BCUT2D eigenvalue weighted by Crippen LogP contribution is -2.60. The van der Waals surface area contributed by atoms with E-state index in [0.717, 1.165) is 24.3 Å². The Labute approximate surface area is 212 Å². The Hall–Kier alpha value is -3.76. The topological polar surface area (TPSA) is 125 Å². The van der Waals surface area contributed by atoms with E-state index in [1.54, 1.807) is 32.9 Å². The third-order valence-electron chi connectivity index (χ3n) is 5.55. The molecule has 0 radical (unpaired) electrons. The summed E-state index contributed by atoms with van der Waals surface area (Å²) in [6.45, 7) is 6.43. The highest BCUT2D eigenvalue weighted by molar-refractivity contribution is 5.91. The average Bonchev–Trinajstić information content (AvgIpc) is 2.77. The second kappa shape index (κ2) is 11.5. The van der Waals surface area contributed by atoms with E-state index in [-0.39, 0.29) is 30.6 Å². The fourth-order valence-electron chi connectivity index (χ4n) is 3.55. The Bertz CT molecular complexity index is 1100. The summed E-state index contributed by atoms with van der Waals surface area (Å²) in [6.07, 6.45) is -5.87. The maximum absolute atomic E-state index is 13.3. The van der Waals surface area contributed by atoms with Gasteiger partial charge >= 0.3 is 18.2 Å². The van der Waals surface area contributed by atoms with Crippen LogP contribution in [0.3, 0.4) is 0 Å². The smallest absolute Gasteiger partial charge is 0.416 e. The second-order valence-corrected chi connectivity index (χ2v) is 9.67. The minimum atomic E-state index is -4.55. The molecule has 0 heterocycles. The molecular formula is C26H31F3N2O6. The number of carboxylic acid groups (broad SMARTS) is 1. The number of phenols is 1. The molecule has 2 rings (SSSR count). The van der Waals surface area contributed by atoms with Crippen LogP contribution in [0.25, 0.3) is 0 Å². The molecule has 0 bridgehead atoms. The number of alkyl halides is 3. The molecule has 0 unspecified atom stereocenters. The van der Waals surface area contributed by atoms with Gasteiger partial charge in [-0.3, -0.25) is 4.79 Å². The highest BCUT2D eigenvalue weighted by atomic mass is 19.4. The van der Waals surface area contributed by atoms with Gasteiger partial charge in [0.15, 0.2) is 0 Å². The predicted octanol–water partition coefficient (Wildman–Crippen LogP) is 4.44. The van der Waals surface area contributed by atoms with Gasteiger partial charge in [0.2, 0.25) is 5.91 Å². The predicted molar refractivity (Wildman–Crippen MR) is 129 cm³/mol. The summed E-state index contributed by atoms with van der Waals surface area (Å²) in [5.74, 6) is -2.21. The number of ether oxygens (including phenoxy) is 1. The minimum Gasteiger partial charge on any atom is -0.508 e. The van der Waals surface area contributed by atoms with Gasteiger partial charge in [0.05, 0.1) is 5.56 Å². The standard InChI is InChI=1S/C26H31F3N2O6/c1-5-25(22(34)35,15-17-6-10-18(11-7-17)26(27,28)29)31-21(33)20(30-23(36)37-24(2,3)4)14-16-8-12-19(32)13-9-16/h6-13,20,32H,5,14-15H2,1-4H3,(H,30,36)(H,31,33)(H,34,35)/t20-,25-/m0/s1. The Kier molecular flexibility index (Phi) is 9.18. The van der Waals surface area contributed by atoms with Gasteiger partial charge in [-0.1, -0.05) is 31.2 Å². The number of halogens is 3. The number of alkyl carbamates (subject to hydrolysis) is 1. The van der Waals surface area contributed by atoms with Crippen molar-refractivity contribution >= 4 is 18.0 Å². The molecule has 2 aromatic rings. The maximum atomic E-state index is 13.3. The lowest BCUT2D eigenvalue weighted by Gasteiger charge is -2.32. The molecule has 8 nitrogen and oxygen atoms in total. The number of carboxylic acids is 1. The van der Waals surface area contributed by atoms with Crippen molar-refractivity contribution in [2.75, 3.05) is 0 Å². The first-order valence-corrected chi connectivity index (χ1v) is 11.5. The number of nitrogens with one attached hydrogen (secondary N) is 2. The molecule has 202 valence electrons. The number of hydrogen-bond donors (Lipinski definition) is 4. The van der Waals surface area contributed by atoms with Crippen LogP contribution >= 0.6 is 0 Å². The highest BCUT2D eigenvalue weighted by Crippen LogP contribution is 2.30. The van der Waals surface area contributed by atoms with Gasteiger partial charge in [-0.05, 0) is 62.6 Å². The van der Waals surface area contributed by atoms with E-state index in [2.05, 4.69) is 10.6 Å². The average molecular weight is 525 g/mol. The van der Waals surface area contributed by atoms with E-state index in [9.17, 15) is 37.8 Å². The number of aliphatic carboxylic acids is 1. The van der Waals surface area contributed by atoms with Crippen LogP contribution in [0.1, 0.15) is 50.8 Å². The largest absolute Gasteiger partial charge is 0.508 e. The fourth-order valence-corrected chi connectivity index (χ4v) is 3.55. The van der Waals surface area contributed by atoms with Crippen LogP contribution in [-0.2, 0) is 33.3 Å². The molecule has 0 fully saturated rings. The summed E-state index contributed by atoms with van der Waals surface area (Å²) in [5.41, 5.74) is -2.77. The van der Waals surface area contributed by atoms with Crippen LogP contribution in [0.4, 0.5) is 18.0 Å². The van der Waals surface area contributed by atoms with E-state index in [1.807, 2.05) is 0 Å². The van der Waals surface area contributed by atoms with Crippen LogP contribution in [0.5, 0.6) is 5.75 Å². The Morgan fingerprint density at radius 3 is 1.95 bits per heavy atom. The van der Waals surface area contributed by atoms with E-state index in [1.165, 1.54) is 19.1 Å². The van der Waals surface area contributed by atoms with E-state index in [0.29, 0.717) is 5.56 Å². The molecule has 0 saturated heterocycles. The van der Waals surface area contributed by atoms with Crippen molar-refractivity contribution in [2.24, 2.45) is 0 Å². The van der Waals surface area contributed by atoms with Gasteiger partial charge in [-0.25, -0.2) is 9.59 Å². The first-order valence-electron chi connectivity index (χ1n) is 11.5. The molecule has 4 N–H and O–H groups in total. The number of benzene rings is 2. The molecule has 0 spiro atoms. The maximum Gasteiger partial charge on any atom is 0.416 e. The molecule has 2 amide bonds. The highest BCUT2D eigenvalue weighted by Gasteiger charge is 2.41. The fraction of sp³-hybridized carbons (Fsp3) is 0.423. The van der Waals surface area contributed by atoms with Crippen LogP contribution < -0.4 is 10.6 Å². The van der Waals surface area contributed by atoms with Crippen molar-refractivity contribution < 1.29 is 42.5 Å². The van der Waals surface area contributed by atoms with Gasteiger partial charge in [-0.15, -0.1) is 0 Å². The van der Waals surface area contributed by atoms with Crippen LogP contribution in [0.15, 0.2) is 48.5 Å². The minimum absolute atomic E-state index is 0.00253. The Morgan fingerprint density at radius 2 is 1.49 bits per heavy atom. The van der Waals surface area contributed by atoms with Crippen LogP contribution in [0.2, 0.25) is 0 Å². The number of amides is 2. The molecule has 0 aromatic heterocycles. The molecular weight excluding hydrogens is 493 g/mol. The van der Waals surface area contributed by atoms with Crippen molar-refractivity contribution in [3.05, 3.63) is 65.2 Å². The summed E-state index contributed by atoms with van der Waals surface area (Å²) in [5, 5.41) is 24.5. The molecule has 0 saturated carbocycles. The van der Waals surface area contributed by atoms with Crippen molar-refractivity contribution in [1.29, 1.82) is 0 Å². The SMILES string of the molecule is CC[C@@](Cc1ccc(C(F)(F)F)cc1)(NC(=O)[C@H](Cc1ccc(O)cc1)NC(=O)OC(C)(C)C)C(=O)O. The molecule has 2 aromatic carbocycles. The van der Waals surface area contributed by atoms with Crippen molar-refractivity contribution in [2.45, 2.75) is 70.3 Å². The number of hydrogen-bond acceptors (Lipinski definition) is 5. The van der Waals surface area contributed by atoms with E-state index in [4.69, 9.17) is 4.74 Å². The van der Waals surface area contributed by atoms with Crippen LogP contribution in [-0.4, -0.2) is 45.4 Å².